The van der Waals surface area contributed by atoms with Crippen LogP contribution in [0.4, 0.5) is 0 Å². The highest BCUT2D eigenvalue weighted by molar-refractivity contribution is 6.63. The molecule has 0 radical (unpaired) electrons. The molecule has 2 aliphatic rings. The summed E-state index contributed by atoms with van der Waals surface area (Å²) in [6, 6.07) is 6.48. The van der Waals surface area contributed by atoms with E-state index < -0.39 is 0 Å². The predicted molar refractivity (Wildman–Crippen MR) is 93.6 cm³/mol. The maximum atomic E-state index is 6.17. The summed E-state index contributed by atoms with van der Waals surface area (Å²) in [6.45, 7) is 10.5. The van der Waals surface area contributed by atoms with E-state index in [0.717, 1.165) is 24.3 Å². The zero-order chi connectivity index (χ0) is 16.7. The van der Waals surface area contributed by atoms with Crippen molar-refractivity contribution in [1.29, 1.82) is 0 Å². The Morgan fingerprint density at radius 1 is 1.09 bits per heavy atom. The van der Waals surface area contributed by atoms with Gasteiger partial charge in [-0.05, 0) is 71.2 Å². The van der Waals surface area contributed by atoms with Crippen LogP contribution in [0.3, 0.4) is 0 Å². The molecule has 2 fully saturated rings. The molecule has 0 bridgehead atoms. The van der Waals surface area contributed by atoms with Gasteiger partial charge in [0.1, 0.15) is 5.75 Å². The third-order valence-corrected chi connectivity index (χ3v) is 5.58. The van der Waals surface area contributed by atoms with Crippen LogP contribution in [0.5, 0.6) is 5.75 Å². The van der Waals surface area contributed by atoms with Gasteiger partial charge in [0.2, 0.25) is 0 Å². The third kappa shape index (κ3) is 3.15. The minimum Gasteiger partial charge on any atom is -0.497 e. The zero-order valence-electron chi connectivity index (χ0n) is 14.9. The van der Waals surface area contributed by atoms with Gasteiger partial charge in [-0.15, -0.1) is 0 Å². The van der Waals surface area contributed by atoms with Crippen LogP contribution in [0.15, 0.2) is 18.2 Å². The van der Waals surface area contributed by atoms with E-state index in [1.54, 1.807) is 7.11 Å². The summed E-state index contributed by atoms with van der Waals surface area (Å²) >= 11 is 0. The van der Waals surface area contributed by atoms with E-state index in [-0.39, 0.29) is 18.3 Å². The van der Waals surface area contributed by atoms with E-state index in [0.29, 0.717) is 5.92 Å². The molecule has 126 valence electrons. The molecule has 4 nitrogen and oxygen atoms in total. The van der Waals surface area contributed by atoms with E-state index in [2.05, 4.69) is 51.2 Å². The van der Waals surface area contributed by atoms with E-state index >= 15 is 0 Å². The molecule has 2 saturated heterocycles. The van der Waals surface area contributed by atoms with Crippen LogP contribution in [-0.2, 0) is 9.31 Å². The lowest BCUT2D eigenvalue weighted by Crippen LogP contribution is -2.41. The van der Waals surface area contributed by atoms with Crippen molar-refractivity contribution in [2.75, 3.05) is 20.2 Å². The van der Waals surface area contributed by atoms with Crippen molar-refractivity contribution in [3.05, 3.63) is 23.8 Å². The van der Waals surface area contributed by atoms with Crippen LogP contribution >= 0.6 is 0 Å². The molecule has 5 heteroatoms. The summed E-state index contributed by atoms with van der Waals surface area (Å²) in [6.07, 6.45) is 2.36. The molecule has 0 amide bonds. The SMILES string of the molecule is COc1cc(C2CCNCC2)ccc1B1OC(C)(C)C(C)(C)O1. The fourth-order valence-electron chi connectivity index (χ4n) is 3.30. The number of rotatable bonds is 3. The number of methoxy groups -OCH3 is 1. The van der Waals surface area contributed by atoms with Gasteiger partial charge in [-0.25, -0.2) is 0 Å². The van der Waals surface area contributed by atoms with Crippen molar-refractivity contribution < 1.29 is 14.0 Å². The van der Waals surface area contributed by atoms with Crippen LogP contribution in [0, 0.1) is 0 Å². The Morgan fingerprint density at radius 3 is 2.26 bits per heavy atom. The van der Waals surface area contributed by atoms with Gasteiger partial charge < -0.3 is 19.4 Å². The number of hydrogen-bond donors (Lipinski definition) is 1. The predicted octanol–water partition coefficient (Wildman–Crippen LogP) is 2.46. The first kappa shape index (κ1) is 16.8. The molecule has 1 aromatic rings. The Bertz CT molecular complexity index is 551. The minimum absolute atomic E-state index is 0.337. The maximum Gasteiger partial charge on any atom is 0.498 e. The molecule has 0 aliphatic carbocycles. The number of ether oxygens (including phenoxy) is 1. The highest BCUT2D eigenvalue weighted by Crippen LogP contribution is 2.37. The smallest absolute Gasteiger partial charge is 0.497 e. The first-order valence-corrected chi connectivity index (χ1v) is 8.58. The molecule has 0 spiro atoms. The normalized spacial score (nSPS) is 24.0. The monoisotopic (exact) mass is 317 g/mol. The van der Waals surface area contributed by atoms with Crippen LogP contribution in [0.2, 0.25) is 0 Å². The Morgan fingerprint density at radius 2 is 1.70 bits per heavy atom. The first-order chi connectivity index (χ1) is 10.8. The fraction of sp³-hybridized carbons (Fsp3) is 0.667. The summed E-state index contributed by atoms with van der Waals surface area (Å²) in [5.74, 6) is 1.47. The maximum absolute atomic E-state index is 6.17. The second-order valence-electron chi connectivity index (χ2n) is 7.61. The fourth-order valence-corrected chi connectivity index (χ4v) is 3.30. The van der Waals surface area contributed by atoms with Gasteiger partial charge in [0.25, 0.3) is 0 Å². The van der Waals surface area contributed by atoms with Gasteiger partial charge in [-0.1, -0.05) is 12.1 Å². The lowest BCUT2D eigenvalue weighted by molar-refractivity contribution is 0.00578. The van der Waals surface area contributed by atoms with Gasteiger partial charge in [0, 0.05) is 5.46 Å². The number of piperidine rings is 1. The van der Waals surface area contributed by atoms with Crippen molar-refractivity contribution in [2.45, 2.75) is 57.7 Å². The standard InChI is InChI=1S/C18H28BNO3/c1-17(2)18(3,4)23-19(22-17)15-7-6-14(12-16(15)21-5)13-8-10-20-11-9-13/h6-7,12-13,20H,8-11H2,1-5H3. The van der Waals surface area contributed by atoms with Gasteiger partial charge in [-0.3, -0.25) is 0 Å². The van der Waals surface area contributed by atoms with Gasteiger partial charge in [0.15, 0.2) is 0 Å². The Kier molecular flexibility index (Phi) is 4.47. The van der Waals surface area contributed by atoms with Crippen LogP contribution in [0.1, 0.15) is 52.0 Å². The van der Waals surface area contributed by atoms with Gasteiger partial charge >= 0.3 is 7.12 Å². The second-order valence-corrected chi connectivity index (χ2v) is 7.61. The minimum atomic E-state index is -0.378. The summed E-state index contributed by atoms with van der Waals surface area (Å²) in [5.41, 5.74) is 1.65. The molecule has 0 saturated carbocycles. The largest absolute Gasteiger partial charge is 0.498 e. The first-order valence-electron chi connectivity index (χ1n) is 8.58. The van der Waals surface area contributed by atoms with Crippen molar-refractivity contribution in [3.63, 3.8) is 0 Å². The quantitative estimate of drug-likeness (QED) is 0.870. The van der Waals surface area contributed by atoms with Crippen molar-refractivity contribution >= 4 is 12.6 Å². The van der Waals surface area contributed by atoms with Gasteiger partial charge in [-0.2, -0.15) is 0 Å². The van der Waals surface area contributed by atoms with E-state index in [1.807, 2.05) is 0 Å². The average molecular weight is 317 g/mol. The third-order valence-electron chi connectivity index (χ3n) is 5.58. The zero-order valence-corrected chi connectivity index (χ0v) is 14.9. The Hall–Kier alpha value is -1.04. The summed E-state index contributed by atoms with van der Waals surface area (Å²) in [5, 5.41) is 3.42. The molecule has 1 aromatic carbocycles. The van der Waals surface area contributed by atoms with Crippen molar-refractivity contribution in [1.82, 2.24) is 5.32 Å². The molecule has 3 rings (SSSR count). The van der Waals surface area contributed by atoms with Crippen LogP contribution in [0.25, 0.3) is 0 Å². The van der Waals surface area contributed by atoms with Crippen molar-refractivity contribution in [3.8, 4) is 5.75 Å². The molecule has 0 unspecified atom stereocenters. The molecule has 2 heterocycles. The average Bonchev–Trinajstić information content (AvgIpc) is 2.75. The van der Waals surface area contributed by atoms with Gasteiger partial charge in [0.05, 0.1) is 18.3 Å². The Labute approximate surface area is 140 Å². The van der Waals surface area contributed by atoms with E-state index in [9.17, 15) is 0 Å². The molecular formula is C18H28BNO3. The molecular weight excluding hydrogens is 289 g/mol. The van der Waals surface area contributed by atoms with E-state index in [4.69, 9.17) is 14.0 Å². The second kappa shape index (κ2) is 6.12. The summed E-state index contributed by atoms with van der Waals surface area (Å²) in [7, 11) is 1.34. The number of hydrogen-bond acceptors (Lipinski definition) is 4. The highest BCUT2D eigenvalue weighted by Gasteiger charge is 2.52. The topological polar surface area (TPSA) is 39.7 Å². The lowest BCUT2D eigenvalue weighted by Gasteiger charge is -2.32. The van der Waals surface area contributed by atoms with E-state index in [1.165, 1.54) is 18.4 Å². The molecule has 0 aromatic heterocycles. The van der Waals surface area contributed by atoms with Crippen LogP contribution in [-0.4, -0.2) is 38.5 Å². The van der Waals surface area contributed by atoms with Crippen molar-refractivity contribution in [2.24, 2.45) is 0 Å². The molecule has 0 atom stereocenters. The molecule has 2 aliphatic heterocycles. The molecule has 23 heavy (non-hydrogen) atoms. The molecule has 1 N–H and O–H groups in total. The number of nitrogens with one attached hydrogen (secondary N) is 1. The summed E-state index contributed by atoms with van der Waals surface area (Å²) < 4.78 is 18.0. The Balaban J connectivity index is 1.86. The number of benzene rings is 1. The lowest BCUT2D eigenvalue weighted by atomic mass is 9.76. The van der Waals surface area contributed by atoms with Crippen LogP contribution < -0.4 is 15.5 Å². The highest BCUT2D eigenvalue weighted by atomic mass is 16.7. The summed E-state index contributed by atoms with van der Waals surface area (Å²) in [4.78, 5) is 0.